The van der Waals surface area contributed by atoms with Crippen LogP contribution in [0.4, 0.5) is 28.0 Å². The second-order valence-corrected chi connectivity index (χ2v) is 13.2. The minimum absolute atomic E-state index is 0. The second-order valence-electron chi connectivity index (χ2n) is 13.2. The van der Waals surface area contributed by atoms with Crippen LogP contribution in [0.15, 0.2) is 69.8 Å². The van der Waals surface area contributed by atoms with Crippen molar-refractivity contribution in [3.63, 3.8) is 0 Å². The summed E-state index contributed by atoms with van der Waals surface area (Å²) in [6.07, 6.45) is 4.64. The molecule has 3 heterocycles. The summed E-state index contributed by atoms with van der Waals surface area (Å²) in [7, 11) is 0. The largest absolute Gasteiger partial charge is 0.421 e. The lowest BCUT2D eigenvalue weighted by Gasteiger charge is -2.09. The van der Waals surface area contributed by atoms with Crippen LogP contribution in [0.5, 0.6) is 0 Å². The van der Waals surface area contributed by atoms with Gasteiger partial charge in [-0.1, -0.05) is 67.1 Å². The first-order chi connectivity index (χ1) is 25.7. The van der Waals surface area contributed by atoms with Crippen molar-refractivity contribution in [2.24, 2.45) is 0 Å². The summed E-state index contributed by atoms with van der Waals surface area (Å²) in [5.41, 5.74) is 2.08. The van der Waals surface area contributed by atoms with Crippen LogP contribution in [0.1, 0.15) is 110 Å². The fourth-order valence-electron chi connectivity index (χ4n) is 5.08. The Kier molecular flexibility index (Phi) is 16.1. The summed E-state index contributed by atoms with van der Waals surface area (Å²) in [6, 6.07) is 11.6. The third kappa shape index (κ3) is 11.5. The highest BCUT2D eigenvalue weighted by Crippen LogP contribution is 2.30. The fraction of sp³-hybridized carbons (Fsp3) is 0.366. The van der Waals surface area contributed by atoms with Crippen molar-refractivity contribution < 1.29 is 30.8 Å². The number of halogens is 5. The fourth-order valence-corrected chi connectivity index (χ4v) is 5.08. The highest BCUT2D eigenvalue weighted by atomic mass is 19.1. The first-order valence-electron chi connectivity index (χ1n) is 17.7. The molecule has 0 amide bonds. The highest BCUT2D eigenvalue weighted by Gasteiger charge is 2.19. The molecule has 55 heavy (non-hydrogen) atoms. The smallest absolute Gasteiger partial charge is 0.315 e. The lowest BCUT2D eigenvalue weighted by molar-refractivity contribution is 0.498. The molecular formula is C41H48F5N7O2. The molecule has 0 atom stereocenters. The van der Waals surface area contributed by atoms with Crippen molar-refractivity contribution in [1.82, 2.24) is 30.4 Å². The Labute approximate surface area is 318 Å². The molecule has 14 heteroatoms. The van der Waals surface area contributed by atoms with E-state index in [1.54, 1.807) is 26.0 Å². The maximum absolute atomic E-state index is 14.0. The van der Waals surface area contributed by atoms with E-state index in [1.165, 1.54) is 30.6 Å². The summed E-state index contributed by atoms with van der Waals surface area (Å²) in [5, 5.41) is 18.0. The zero-order valence-corrected chi connectivity index (χ0v) is 31.5. The van der Waals surface area contributed by atoms with Gasteiger partial charge in [-0.3, -0.25) is 0 Å². The van der Waals surface area contributed by atoms with Crippen molar-refractivity contribution in [1.29, 1.82) is 0 Å². The van der Waals surface area contributed by atoms with Crippen molar-refractivity contribution >= 4 is 6.01 Å². The van der Waals surface area contributed by atoms with Crippen LogP contribution in [0, 0.1) is 29.1 Å². The van der Waals surface area contributed by atoms with E-state index in [1.807, 2.05) is 47.6 Å². The van der Waals surface area contributed by atoms with Crippen molar-refractivity contribution in [3.05, 3.63) is 113 Å². The third-order valence-electron chi connectivity index (χ3n) is 8.03. The molecule has 0 saturated heterocycles. The molecule has 0 spiro atoms. The predicted molar refractivity (Wildman–Crippen MR) is 204 cm³/mol. The lowest BCUT2D eigenvalue weighted by atomic mass is 10.00. The first-order valence-corrected chi connectivity index (χ1v) is 17.7. The van der Waals surface area contributed by atoms with Crippen molar-refractivity contribution in [2.75, 3.05) is 11.9 Å². The molecule has 0 aliphatic heterocycles. The van der Waals surface area contributed by atoms with Gasteiger partial charge in [0.05, 0.1) is 16.7 Å². The predicted octanol–water partition coefficient (Wildman–Crippen LogP) is 11.7. The Morgan fingerprint density at radius 2 is 1.15 bits per heavy atom. The summed E-state index contributed by atoms with van der Waals surface area (Å²) in [5.74, 6) is -1.18. The van der Waals surface area contributed by atoms with Gasteiger partial charge in [-0.15, -0.1) is 15.3 Å². The number of nitrogens with zero attached hydrogens (tertiary/aromatic N) is 6. The molecule has 1 N–H and O–H groups in total. The van der Waals surface area contributed by atoms with Gasteiger partial charge in [-0.05, 0) is 90.3 Å². The summed E-state index contributed by atoms with van der Waals surface area (Å²) in [6.45, 7) is 15.8. The van der Waals surface area contributed by atoms with E-state index >= 15 is 0 Å². The highest BCUT2D eigenvalue weighted by molar-refractivity contribution is 5.57. The van der Waals surface area contributed by atoms with Gasteiger partial charge in [0.25, 0.3) is 11.8 Å². The average Bonchev–Trinajstić information content (AvgIpc) is 3.81. The van der Waals surface area contributed by atoms with E-state index in [0.29, 0.717) is 35.0 Å². The monoisotopic (exact) mass is 765 g/mol. The van der Waals surface area contributed by atoms with Gasteiger partial charge in [-0.2, -0.15) is 0 Å². The Bertz CT molecular complexity index is 2120. The average molecular weight is 766 g/mol. The van der Waals surface area contributed by atoms with Gasteiger partial charge in [0, 0.05) is 25.4 Å². The minimum Gasteiger partial charge on any atom is -0.421 e. The van der Waals surface area contributed by atoms with Gasteiger partial charge in [0.1, 0.15) is 29.1 Å². The molecule has 0 aliphatic carbocycles. The van der Waals surface area contributed by atoms with Gasteiger partial charge in [-0.25, -0.2) is 31.9 Å². The number of aryl methyl sites for hydroxylation is 1. The van der Waals surface area contributed by atoms with E-state index < -0.39 is 23.3 Å². The van der Waals surface area contributed by atoms with Crippen LogP contribution in [0.3, 0.4) is 0 Å². The van der Waals surface area contributed by atoms with Gasteiger partial charge >= 0.3 is 6.01 Å². The van der Waals surface area contributed by atoms with E-state index in [0.717, 1.165) is 30.5 Å². The first kappa shape index (κ1) is 43.9. The minimum atomic E-state index is -0.572. The van der Waals surface area contributed by atoms with Crippen molar-refractivity contribution in [2.45, 2.75) is 93.4 Å². The van der Waals surface area contributed by atoms with Gasteiger partial charge < -0.3 is 14.2 Å². The molecule has 0 saturated carbocycles. The molecular weight excluding hydrogens is 717 g/mol. The Hall–Kier alpha value is -5.53. The summed E-state index contributed by atoms with van der Waals surface area (Å²) < 4.78 is 80.0. The van der Waals surface area contributed by atoms with Gasteiger partial charge in [0.15, 0.2) is 5.82 Å². The number of aromatic nitrogens is 6. The molecule has 0 bridgehead atoms. The molecule has 6 aromatic rings. The molecule has 0 aliphatic rings. The zero-order chi connectivity index (χ0) is 39.5. The van der Waals surface area contributed by atoms with E-state index in [4.69, 9.17) is 8.83 Å². The maximum Gasteiger partial charge on any atom is 0.315 e. The number of nitrogens with one attached hydrogen (secondary N) is 1. The SMILES string of the molecule is C.CC(C)c1cc(F)c(-c2ncccn2)cc1F.CCCc1nnc(-c2ccc(C(C)C)cc2F)o1.CCNc1nnc(-c2cc(F)c(C(C)C)cc2F)o1. The number of hydrogen-bond acceptors (Lipinski definition) is 9. The standard InChI is InChI=1S/C14H17FN2O.C13H15F2N3O.C13H12F2N2.CH4/c1-4-5-13-16-17-14(18-13)11-7-6-10(9(2)3)8-12(11)15;1-4-16-13-18-17-12(19-13)9-6-10(14)8(7(2)3)5-11(9)15;1-8(2)9-6-12(15)10(7-11(9)14)13-16-4-3-5-17-13;/h6-9H,4-5H2,1-3H3;5-7H,4H2,1-3H3,(H,16,18);3-8H,1-2H3;1H4. The lowest BCUT2D eigenvalue weighted by Crippen LogP contribution is -1.98. The van der Waals surface area contributed by atoms with Crippen LogP contribution in [0.2, 0.25) is 0 Å². The Morgan fingerprint density at radius 1 is 0.600 bits per heavy atom. The van der Waals surface area contributed by atoms with Crippen LogP contribution in [-0.2, 0) is 6.42 Å². The van der Waals surface area contributed by atoms with Crippen LogP contribution in [-0.4, -0.2) is 36.9 Å². The van der Waals surface area contributed by atoms with E-state index in [2.05, 4.69) is 35.7 Å². The summed E-state index contributed by atoms with van der Waals surface area (Å²) >= 11 is 0. The topological polar surface area (TPSA) is 116 Å². The molecule has 0 fully saturated rings. The normalized spacial score (nSPS) is 10.8. The quantitative estimate of drug-likeness (QED) is 0.136. The number of benzene rings is 3. The Balaban J connectivity index is 0.000000220. The number of anilines is 1. The summed E-state index contributed by atoms with van der Waals surface area (Å²) in [4.78, 5) is 7.82. The molecule has 0 unspecified atom stereocenters. The number of rotatable bonds is 10. The van der Waals surface area contributed by atoms with Crippen LogP contribution >= 0.6 is 0 Å². The van der Waals surface area contributed by atoms with Crippen LogP contribution in [0.25, 0.3) is 34.3 Å². The zero-order valence-electron chi connectivity index (χ0n) is 31.5. The Morgan fingerprint density at radius 3 is 1.69 bits per heavy atom. The molecule has 3 aromatic carbocycles. The van der Waals surface area contributed by atoms with Crippen LogP contribution < -0.4 is 5.32 Å². The molecule has 6 rings (SSSR count). The number of hydrogen-bond donors (Lipinski definition) is 1. The molecule has 0 radical (unpaired) electrons. The maximum atomic E-state index is 14.0. The molecule has 3 aromatic heterocycles. The second kappa shape index (κ2) is 20.2. The molecule has 294 valence electrons. The van der Waals surface area contributed by atoms with Crippen molar-refractivity contribution in [3.8, 4) is 34.3 Å². The van der Waals surface area contributed by atoms with E-state index in [9.17, 15) is 22.0 Å². The molecule has 9 nitrogen and oxygen atoms in total. The van der Waals surface area contributed by atoms with E-state index in [-0.39, 0.29) is 59.8 Å². The third-order valence-corrected chi connectivity index (χ3v) is 8.03. The van der Waals surface area contributed by atoms with Gasteiger partial charge in [0.2, 0.25) is 5.89 Å².